The zero-order chi connectivity index (χ0) is 12.5. The lowest BCUT2D eigenvalue weighted by molar-refractivity contribution is 0.0282. The maximum atomic E-state index is 5.69. The second kappa shape index (κ2) is 8.86. The SMILES string of the molecule is COCC(CNCC1CCC(CN)CC1)OC. The number of hydrogen-bond donors (Lipinski definition) is 2. The average Bonchev–Trinajstić information content (AvgIpc) is 2.38. The van der Waals surface area contributed by atoms with Crippen molar-refractivity contribution >= 4 is 0 Å². The van der Waals surface area contributed by atoms with Gasteiger partial charge in [-0.1, -0.05) is 0 Å². The van der Waals surface area contributed by atoms with Gasteiger partial charge in [-0.25, -0.2) is 0 Å². The van der Waals surface area contributed by atoms with Crippen LogP contribution < -0.4 is 11.1 Å². The van der Waals surface area contributed by atoms with Crippen molar-refractivity contribution in [1.29, 1.82) is 0 Å². The Bertz CT molecular complexity index is 182. The summed E-state index contributed by atoms with van der Waals surface area (Å²) >= 11 is 0. The topological polar surface area (TPSA) is 56.5 Å². The van der Waals surface area contributed by atoms with Gasteiger partial charge in [0.25, 0.3) is 0 Å². The molecule has 3 N–H and O–H groups in total. The molecule has 1 rings (SSSR count). The maximum Gasteiger partial charge on any atom is 0.0928 e. The average molecular weight is 244 g/mol. The van der Waals surface area contributed by atoms with Crippen LogP contribution in [0.1, 0.15) is 25.7 Å². The molecule has 1 fully saturated rings. The van der Waals surface area contributed by atoms with E-state index >= 15 is 0 Å². The van der Waals surface area contributed by atoms with Crippen LogP contribution in [-0.4, -0.2) is 46.6 Å². The number of nitrogens with one attached hydrogen (secondary N) is 1. The van der Waals surface area contributed by atoms with Crippen LogP contribution in [0.5, 0.6) is 0 Å². The summed E-state index contributed by atoms with van der Waals surface area (Å²) in [5, 5.41) is 3.49. The van der Waals surface area contributed by atoms with E-state index in [1.807, 2.05) is 0 Å². The zero-order valence-corrected chi connectivity index (χ0v) is 11.3. The first kappa shape index (κ1) is 14.9. The normalized spacial score (nSPS) is 27.0. The Balaban J connectivity index is 2.06. The highest BCUT2D eigenvalue weighted by Gasteiger charge is 2.20. The fourth-order valence-electron chi connectivity index (χ4n) is 2.52. The van der Waals surface area contributed by atoms with Crippen LogP contribution in [0.25, 0.3) is 0 Å². The van der Waals surface area contributed by atoms with Crippen LogP contribution in [0.2, 0.25) is 0 Å². The smallest absolute Gasteiger partial charge is 0.0928 e. The maximum absolute atomic E-state index is 5.69. The van der Waals surface area contributed by atoms with E-state index in [2.05, 4.69) is 5.32 Å². The molecule has 0 amide bonds. The summed E-state index contributed by atoms with van der Waals surface area (Å²) in [7, 11) is 3.44. The summed E-state index contributed by atoms with van der Waals surface area (Å²) in [5.74, 6) is 1.59. The van der Waals surface area contributed by atoms with Crippen molar-refractivity contribution in [3.8, 4) is 0 Å². The highest BCUT2D eigenvalue weighted by Crippen LogP contribution is 2.27. The summed E-state index contributed by atoms with van der Waals surface area (Å²) in [4.78, 5) is 0. The fourth-order valence-corrected chi connectivity index (χ4v) is 2.52. The standard InChI is InChI=1S/C13H28N2O2/c1-16-10-13(17-2)9-15-8-12-5-3-11(7-14)4-6-12/h11-13,15H,3-10,14H2,1-2H3. The molecule has 0 aromatic rings. The van der Waals surface area contributed by atoms with Crippen LogP contribution >= 0.6 is 0 Å². The van der Waals surface area contributed by atoms with Crippen LogP contribution in [0.4, 0.5) is 0 Å². The molecule has 0 heterocycles. The van der Waals surface area contributed by atoms with Crippen molar-refractivity contribution in [3.05, 3.63) is 0 Å². The first-order valence-electron chi connectivity index (χ1n) is 6.72. The van der Waals surface area contributed by atoms with E-state index < -0.39 is 0 Å². The van der Waals surface area contributed by atoms with E-state index in [0.29, 0.717) is 6.61 Å². The molecule has 0 radical (unpaired) electrons. The highest BCUT2D eigenvalue weighted by molar-refractivity contribution is 4.75. The Hall–Kier alpha value is -0.160. The minimum atomic E-state index is 0.167. The zero-order valence-electron chi connectivity index (χ0n) is 11.3. The summed E-state index contributed by atoms with van der Waals surface area (Å²) < 4.78 is 10.4. The third kappa shape index (κ3) is 5.82. The van der Waals surface area contributed by atoms with E-state index in [9.17, 15) is 0 Å². The third-order valence-corrected chi connectivity index (χ3v) is 3.79. The van der Waals surface area contributed by atoms with Gasteiger partial charge in [0.05, 0.1) is 12.7 Å². The van der Waals surface area contributed by atoms with Gasteiger partial charge in [0, 0.05) is 20.8 Å². The Morgan fingerprint density at radius 3 is 2.35 bits per heavy atom. The van der Waals surface area contributed by atoms with Gasteiger partial charge in [-0.3, -0.25) is 0 Å². The largest absolute Gasteiger partial charge is 0.382 e. The molecule has 1 aliphatic rings. The summed E-state index contributed by atoms with van der Waals surface area (Å²) in [6.07, 6.45) is 5.40. The molecule has 1 atom stereocenters. The lowest BCUT2D eigenvalue weighted by Gasteiger charge is -2.28. The molecule has 17 heavy (non-hydrogen) atoms. The van der Waals surface area contributed by atoms with Gasteiger partial charge in [0.1, 0.15) is 0 Å². The molecule has 0 aromatic carbocycles. The van der Waals surface area contributed by atoms with Crippen LogP contribution in [0, 0.1) is 11.8 Å². The second-order valence-electron chi connectivity index (χ2n) is 5.09. The van der Waals surface area contributed by atoms with E-state index in [0.717, 1.165) is 31.5 Å². The highest BCUT2D eigenvalue weighted by atomic mass is 16.5. The lowest BCUT2D eigenvalue weighted by atomic mass is 9.82. The lowest BCUT2D eigenvalue weighted by Crippen LogP contribution is -2.35. The minimum absolute atomic E-state index is 0.167. The molecule has 1 unspecified atom stereocenters. The van der Waals surface area contributed by atoms with Gasteiger partial charge in [0.15, 0.2) is 0 Å². The number of methoxy groups -OCH3 is 2. The second-order valence-corrected chi connectivity index (χ2v) is 5.09. The minimum Gasteiger partial charge on any atom is -0.382 e. The predicted octanol–water partition coefficient (Wildman–Crippen LogP) is 1.00. The van der Waals surface area contributed by atoms with Gasteiger partial charge in [-0.15, -0.1) is 0 Å². The van der Waals surface area contributed by atoms with E-state index in [-0.39, 0.29) is 6.10 Å². The quantitative estimate of drug-likeness (QED) is 0.669. The monoisotopic (exact) mass is 244 g/mol. The molecule has 0 saturated heterocycles. The molecule has 0 bridgehead atoms. The molecular formula is C13H28N2O2. The van der Waals surface area contributed by atoms with E-state index in [1.54, 1.807) is 14.2 Å². The van der Waals surface area contributed by atoms with Gasteiger partial charge in [-0.2, -0.15) is 0 Å². The number of hydrogen-bond acceptors (Lipinski definition) is 4. The molecule has 1 saturated carbocycles. The van der Waals surface area contributed by atoms with E-state index in [1.165, 1.54) is 25.7 Å². The van der Waals surface area contributed by atoms with Crippen molar-refractivity contribution in [3.63, 3.8) is 0 Å². The van der Waals surface area contributed by atoms with E-state index in [4.69, 9.17) is 15.2 Å². The number of nitrogens with two attached hydrogens (primary N) is 1. The molecule has 0 aromatic heterocycles. The molecule has 102 valence electrons. The first-order chi connectivity index (χ1) is 8.30. The Kier molecular flexibility index (Phi) is 7.77. The molecule has 4 nitrogen and oxygen atoms in total. The molecule has 1 aliphatic carbocycles. The molecule has 0 spiro atoms. The van der Waals surface area contributed by atoms with Crippen LogP contribution in [0.3, 0.4) is 0 Å². The molecule has 4 heteroatoms. The van der Waals surface area contributed by atoms with Gasteiger partial charge >= 0.3 is 0 Å². The molecule has 0 aliphatic heterocycles. The van der Waals surface area contributed by atoms with Gasteiger partial charge < -0.3 is 20.5 Å². The Labute approximate surface area is 105 Å². The van der Waals surface area contributed by atoms with Crippen molar-refractivity contribution in [1.82, 2.24) is 5.32 Å². The third-order valence-electron chi connectivity index (χ3n) is 3.79. The van der Waals surface area contributed by atoms with Gasteiger partial charge in [-0.05, 0) is 50.6 Å². The first-order valence-corrected chi connectivity index (χ1v) is 6.72. The van der Waals surface area contributed by atoms with Crippen molar-refractivity contribution < 1.29 is 9.47 Å². The summed E-state index contributed by atoms with van der Waals surface area (Å²) in [6.45, 7) is 3.49. The Morgan fingerprint density at radius 1 is 1.18 bits per heavy atom. The summed E-state index contributed by atoms with van der Waals surface area (Å²) in [6, 6.07) is 0. The van der Waals surface area contributed by atoms with Crippen LogP contribution in [-0.2, 0) is 9.47 Å². The Morgan fingerprint density at radius 2 is 1.82 bits per heavy atom. The van der Waals surface area contributed by atoms with Crippen molar-refractivity contribution in [2.45, 2.75) is 31.8 Å². The van der Waals surface area contributed by atoms with Crippen molar-refractivity contribution in [2.24, 2.45) is 17.6 Å². The number of ether oxygens (including phenoxy) is 2. The summed E-state index contributed by atoms with van der Waals surface area (Å²) in [5.41, 5.74) is 5.69. The van der Waals surface area contributed by atoms with Gasteiger partial charge in [0.2, 0.25) is 0 Å². The molecular weight excluding hydrogens is 216 g/mol. The van der Waals surface area contributed by atoms with Crippen molar-refractivity contribution in [2.75, 3.05) is 40.5 Å². The number of rotatable bonds is 8. The van der Waals surface area contributed by atoms with Crippen LogP contribution in [0.15, 0.2) is 0 Å². The predicted molar refractivity (Wildman–Crippen MR) is 70.0 cm³/mol. The fraction of sp³-hybridized carbons (Fsp3) is 1.00.